The molecular weight excluding hydrogens is 789 g/mol. The van der Waals surface area contributed by atoms with Crippen LogP contribution >= 0.6 is 11.3 Å². The second-order valence-corrected chi connectivity index (χ2v) is 17.0. The van der Waals surface area contributed by atoms with Crippen LogP contribution in [-0.2, 0) is 0 Å². The number of rotatable bonds is 6. The molecule has 4 aromatic heterocycles. The first kappa shape index (κ1) is 35.6. The maximum Gasteiger partial charge on any atom is 0.166 e. The van der Waals surface area contributed by atoms with Gasteiger partial charge in [-0.1, -0.05) is 158 Å². The van der Waals surface area contributed by atoms with Gasteiger partial charge in [0.1, 0.15) is 11.2 Å². The molecule has 0 amide bonds. The lowest BCUT2D eigenvalue weighted by atomic mass is 9.94. The number of aromatic nitrogens is 4. The highest BCUT2D eigenvalue weighted by molar-refractivity contribution is 7.25. The average molecular weight is 823 g/mol. The predicted octanol–water partition coefficient (Wildman–Crippen LogP) is 15.6. The van der Waals surface area contributed by atoms with Gasteiger partial charge in [0.25, 0.3) is 0 Å². The van der Waals surface area contributed by atoms with Crippen molar-refractivity contribution in [3.63, 3.8) is 0 Å². The van der Waals surface area contributed by atoms with E-state index in [4.69, 9.17) is 19.4 Å². The quantitative estimate of drug-likeness (QED) is 0.168. The predicted molar refractivity (Wildman–Crippen MR) is 262 cm³/mol. The van der Waals surface area contributed by atoms with Gasteiger partial charge in [0.05, 0.1) is 22.1 Å². The van der Waals surface area contributed by atoms with Crippen molar-refractivity contribution in [3.05, 3.63) is 206 Å². The minimum absolute atomic E-state index is 0.570. The van der Waals surface area contributed by atoms with Crippen molar-refractivity contribution in [2.75, 3.05) is 0 Å². The zero-order valence-corrected chi connectivity index (χ0v) is 34.6. The third kappa shape index (κ3) is 5.66. The molecule has 13 aromatic rings. The Labute approximate surface area is 365 Å². The summed E-state index contributed by atoms with van der Waals surface area (Å²) in [6, 6.07) is 72.5. The van der Waals surface area contributed by atoms with Gasteiger partial charge in [-0.25, -0.2) is 15.0 Å². The van der Waals surface area contributed by atoms with Crippen molar-refractivity contribution in [1.82, 2.24) is 19.5 Å². The molecule has 0 saturated heterocycles. The van der Waals surface area contributed by atoms with Gasteiger partial charge in [0.2, 0.25) is 0 Å². The van der Waals surface area contributed by atoms with Crippen LogP contribution in [0.2, 0.25) is 0 Å². The molecule has 0 N–H and O–H groups in total. The number of thiophene rings is 1. The van der Waals surface area contributed by atoms with Crippen LogP contribution in [-0.4, -0.2) is 19.5 Å². The normalized spacial score (nSPS) is 11.8. The lowest BCUT2D eigenvalue weighted by Crippen LogP contribution is -2.04. The van der Waals surface area contributed by atoms with Crippen molar-refractivity contribution in [2.45, 2.75) is 0 Å². The maximum atomic E-state index is 6.93. The number of fused-ring (bicyclic) bond motifs is 9. The van der Waals surface area contributed by atoms with E-state index in [1.165, 1.54) is 25.7 Å². The van der Waals surface area contributed by atoms with Gasteiger partial charge in [-0.2, -0.15) is 0 Å². The van der Waals surface area contributed by atoms with E-state index in [0.717, 1.165) is 82.8 Å². The topological polar surface area (TPSA) is 56.7 Å². The summed E-state index contributed by atoms with van der Waals surface area (Å²) in [7, 11) is 0. The molecule has 0 radical (unpaired) electrons. The molecule has 0 aliphatic carbocycles. The Kier molecular flexibility index (Phi) is 8.01. The maximum absolute atomic E-state index is 6.93. The van der Waals surface area contributed by atoms with E-state index in [2.05, 4.69) is 187 Å². The van der Waals surface area contributed by atoms with E-state index < -0.39 is 0 Å². The van der Waals surface area contributed by atoms with Gasteiger partial charge in [-0.3, -0.25) is 0 Å². The van der Waals surface area contributed by atoms with Crippen LogP contribution in [0.4, 0.5) is 0 Å². The standard InChI is InChI=1S/C57H34N4OS/c1-3-16-35(17-4-1)37-20-13-21-38(34-37)56-58-55(36-18-5-2-6-19-36)59-57(60-56)44-32-33-48-53(54(44)61-45-27-10-7-22-39(45)40-23-8-11-28-46(40)61)52-42(25-14-29-47(52)62-48)41-26-15-31-50-51(41)43-24-9-12-30-49(43)63-50/h1-34H. The Morgan fingerprint density at radius 3 is 1.65 bits per heavy atom. The highest BCUT2D eigenvalue weighted by Crippen LogP contribution is 2.48. The molecule has 0 saturated carbocycles. The molecule has 0 unspecified atom stereocenters. The molecule has 294 valence electrons. The second-order valence-electron chi connectivity index (χ2n) is 15.9. The number of furan rings is 1. The number of hydrogen-bond acceptors (Lipinski definition) is 5. The minimum Gasteiger partial charge on any atom is -0.456 e. The van der Waals surface area contributed by atoms with Crippen LogP contribution in [0.15, 0.2) is 211 Å². The van der Waals surface area contributed by atoms with Crippen LogP contribution < -0.4 is 0 Å². The fraction of sp³-hybridized carbons (Fsp3) is 0. The summed E-state index contributed by atoms with van der Waals surface area (Å²) in [4.78, 5) is 16.0. The molecule has 0 aliphatic heterocycles. The van der Waals surface area contributed by atoms with E-state index in [0.29, 0.717) is 17.5 Å². The molecular formula is C57H34N4OS. The smallest absolute Gasteiger partial charge is 0.166 e. The molecule has 0 bridgehead atoms. The van der Waals surface area contributed by atoms with E-state index in [1.54, 1.807) is 0 Å². The van der Waals surface area contributed by atoms with Crippen molar-refractivity contribution < 1.29 is 4.42 Å². The molecule has 63 heavy (non-hydrogen) atoms. The second kappa shape index (κ2) is 14.2. The van der Waals surface area contributed by atoms with Crippen molar-refractivity contribution in [2.24, 2.45) is 0 Å². The van der Waals surface area contributed by atoms with E-state index in [9.17, 15) is 0 Å². The Bertz CT molecular complexity index is 3870. The summed E-state index contributed by atoms with van der Waals surface area (Å²) in [5.41, 5.74) is 11.9. The van der Waals surface area contributed by atoms with Gasteiger partial charge in [-0.05, 0) is 70.8 Å². The van der Waals surface area contributed by atoms with E-state index >= 15 is 0 Å². The molecule has 13 rings (SSSR count). The van der Waals surface area contributed by atoms with Crippen LogP contribution in [0.3, 0.4) is 0 Å². The van der Waals surface area contributed by atoms with Crippen LogP contribution in [0, 0.1) is 0 Å². The number of para-hydroxylation sites is 2. The van der Waals surface area contributed by atoms with Crippen molar-refractivity contribution >= 4 is 75.3 Å². The Balaban J connectivity index is 1.17. The van der Waals surface area contributed by atoms with Gasteiger partial charge in [0.15, 0.2) is 17.5 Å². The number of nitrogens with zero attached hydrogens (tertiary/aromatic N) is 4. The van der Waals surface area contributed by atoms with E-state index in [-0.39, 0.29) is 0 Å². The summed E-state index contributed by atoms with van der Waals surface area (Å²) in [5.74, 6) is 1.77. The SMILES string of the molecule is c1ccc(-c2cccc(-c3nc(-c4ccccc4)nc(-c4ccc5oc6cccc(-c7cccc8sc9ccccc9c78)c6c5c4-n4c5ccccc5c5ccccc54)n3)c2)cc1. The summed E-state index contributed by atoms with van der Waals surface area (Å²) < 4.78 is 11.8. The van der Waals surface area contributed by atoms with E-state index in [1.807, 2.05) is 35.6 Å². The molecule has 5 nitrogen and oxygen atoms in total. The zero-order valence-electron chi connectivity index (χ0n) is 33.7. The van der Waals surface area contributed by atoms with Gasteiger partial charge < -0.3 is 8.98 Å². The first-order valence-electron chi connectivity index (χ1n) is 21.1. The molecule has 0 fully saturated rings. The van der Waals surface area contributed by atoms with Gasteiger partial charge in [-0.15, -0.1) is 11.3 Å². The molecule has 0 atom stereocenters. The molecule has 0 spiro atoms. The highest BCUT2D eigenvalue weighted by Gasteiger charge is 2.26. The molecule has 0 aliphatic rings. The number of hydrogen-bond donors (Lipinski definition) is 0. The number of benzene rings is 9. The van der Waals surface area contributed by atoms with Crippen molar-refractivity contribution in [3.8, 4) is 62.1 Å². The van der Waals surface area contributed by atoms with Crippen molar-refractivity contribution in [1.29, 1.82) is 0 Å². The fourth-order valence-corrected chi connectivity index (χ4v) is 10.6. The first-order chi connectivity index (χ1) is 31.2. The third-order valence-corrected chi connectivity index (χ3v) is 13.4. The fourth-order valence-electron chi connectivity index (χ4n) is 9.50. The summed E-state index contributed by atoms with van der Waals surface area (Å²) in [5, 5.41) is 6.87. The average Bonchev–Trinajstić information content (AvgIpc) is 4.04. The Hall–Kier alpha value is -8.19. The van der Waals surface area contributed by atoms with Crippen LogP contribution in [0.1, 0.15) is 0 Å². The van der Waals surface area contributed by atoms with Gasteiger partial charge in [0, 0.05) is 53.0 Å². The lowest BCUT2D eigenvalue weighted by Gasteiger charge is -2.17. The van der Waals surface area contributed by atoms with Gasteiger partial charge >= 0.3 is 0 Å². The lowest BCUT2D eigenvalue weighted by molar-refractivity contribution is 0.669. The monoisotopic (exact) mass is 822 g/mol. The third-order valence-electron chi connectivity index (χ3n) is 12.3. The summed E-state index contributed by atoms with van der Waals surface area (Å²) in [6.07, 6.45) is 0. The minimum atomic E-state index is 0.570. The first-order valence-corrected chi connectivity index (χ1v) is 21.9. The molecule has 9 aromatic carbocycles. The molecule has 4 heterocycles. The van der Waals surface area contributed by atoms with Crippen LogP contribution in [0.25, 0.3) is 126 Å². The largest absolute Gasteiger partial charge is 0.456 e. The Morgan fingerprint density at radius 2 is 0.889 bits per heavy atom. The Morgan fingerprint density at radius 1 is 0.349 bits per heavy atom. The highest BCUT2D eigenvalue weighted by atomic mass is 32.1. The van der Waals surface area contributed by atoms with Crippen LogP contribution in [0.5, 0.6) is 0 Å². The molecule has 6 heteroatoms. The summed E-state index contributed by atoms with van der Waals surface area (Å²) >= 11 is 1.83. The summed E-state index contributed by atoms with van der Waals surface area (Å²) in [6.45, 7) is 0. The zero-order chi connectivity index (χ0) is 41.4.